The number of hydrazone groups is 1. The van der Waals surface area contributed by atoms with Gasteiger partial charge in [0.15, 0.2) is 9.84 Å². The van der Waals surface area contributed by atoms with E-state index in [1.807, 2.05) is 11.9 Å². The number of hydrogen-bond donors (Lipinski definition) is 1. The van der Waals surface area contributed by atoms with Crippen molar-refractivity contribution in [2.75, 3.05) is 31.9 Å². The monoisotopic (exact) mass is 473 g/mol. The van der Waals surface area contributed by atoms with E-state index in [0.29, 0.717) is 31.2 Å². The van der Waals surface area contributed by atoms with E-state index in [0.717, 1.165) is 22.3 Å². The van der Waals surface area contributed by atoms with E-state index in [1.54, 1.807) is 53.7 Å². The van der Waals surface area contributed by atoms with Crippen LogP contribution in [0.2, 0.25) is 5.02 Å². The summed E-state index contributed by atoms with van der Waals surface area (Å²) in [5.41, 5.74) is 0.822. The Morgan fingerprint density at radius 2 is 1.88 bits per heavy atom. The van der Waals surface area contributed by atoms with Gasteiger partial charge in [0.2, 0.25) is 5.91 Å². The molecule has 0 unspecified atom stereocenters. The quantitative estimate of drug-likeness (QED) is 0.555. The molecule has 1 aromatic heterocycles. The van der Waals surface area contributed by atoms with Crippen LogP contribution in [0.25, 0.3) is 10.8 Å². The first-order valence-electron chi connectivity index (χ1n) is 10.3. The molecule has 0 bridgehead atoms. The number of halogens is 1. The van der Waals surface area contributed by atoms with Crippen LogP contribution in [-0.4, -0.2) is 72.3 Å². The fourth-order valence-electron chi connectivity index (χ4n) is 3.60. The maximum Gasteiger partial charge on any atom is 0.223 e. The van der Waals surface area contributed by atoms with Crippen LogP contribution in [-0.2, 0) is 14.6 Å². The van der Waals surface area contributed by atoms with Gasteiger partial charge in [-0.15, -0.1) is 0 Å². The molecule has 4 rings (SSSR count). The van der Waals surface area contributed by atoms with Crippen molar-refractivity contribution in [3.63, 3.8) is 0 Å². The molecule has 32 heavy (non-hydrogen) atoms. The lowest BCUT2D eigenvalue weighted by Gasteiger charge is -2.33. The van der Waals surface area contributed by atoms with E-state index in [4.69, 9.17) is 11.6 Å². The van der Waals surface area contributed by atoms with Gasteiger partial charge in [0.1, 0.15) is 5.82 Å². The van der Waals surface area contributed by atoms with Gasteiger partial charge >= 0.3 is 0 Å². The fraction of sp³-hybridized carbons (Fsp3) is 0.318. The van der Waals surface area contributed by atoms with Gasteiger partial charge in [-0.05, 0) is 42.0 Å². The van der Waals surface area contributed by atoms with E-state index < -0.39 is 9.84 Å². The third-order valence-electron chi connectivity index (χ3n) is 5.41. The highest BCUT2D eigenvalue weighted by molar-refractivity contribution is 7.91. The number of nitrogens with one attached hydrogen (secondary N) is 1. The lowest BCUT2D eigenvalue weighted by atomic mass is 10.1. The third kappa shape index (κ3) is 5.28. The summed E-state index contributed by atoms with van der Waals surface area (Å²) in [6, 6.07) is 10.2. The van der Waals surface area contributed by atoms with Crippen LogP contribution in [0, 0.1) is 6.92 Å². The molecule has 0 saturated carbocycles. The van der Waals surface area contributed by atoms with E-state index in [-0.39, 0.29) is 23.0 Å². The molecule has 1 saturated heterocycles. The lowest BCUT2D eigenvalue weighted by Crippen LogP contribution is -2.47. The van der Waals surface area contributed by atoms with Crippen molar-refractivity contribution in [2.45, 2.75) is 18.2 Å². The van der Waals surface area contributed by atoms with Crippen molar-refractivity contribution >= 4 is 44.3 Å². The number of H-pyrrole nitrogens is 1. The normalized spacial score (nSPS) is 15.1. The van der Waals surface area contributed by atoms with Crippen molar-refractivity contribution in [2.24, 2.45) is 5.10 Å². The summed E-state index contributed by atoms with van der Waals surface area (Å²) in [6.07, 6.45) is 3.38. The van der Waals surface area contributed by atoms with Gasteiger partial charge in [-0.1, -0.05) is 23.7 Å². The van der Waals surface area contributed by atoms with Gasteiger partial charge in [-0.2, -0.15) is 5.10 Å². The summed E-state index contributed by atoms with van der Waals surface area (Å²) in [6.45, 7) is 4.08. The van der Waals surface area contributed by atoms with Crippen molar-refractivity contribution in [1.82, 2.24) is 19.9 Å². The molecule has 1 N–H and O–H groups in total. The Balaban J connectivity index is 1.30. The zero-order chi connectivity index (χ0) is 22.7. The molecular weight excluding hydrogens is 450 g/mol. The molecule has 2 aromatic carbocycles. The van der Waals surface area contributed by atoms with Crippen molar-refractivity contribution < 1.29 is 13.2 Å². The molecule has 1 fully saturated rings. The number of rotatable bonds is 6. The van der Waals surface area contributed by atoms with E-state index >= 15 is 0 Å². The summed E-state index contributed by atoms with van der Waals surface area (Å²) in [5.74, 6) is 0.446. The van der Waals surface area contributed by atoms with Gasteiger partial charge in [0.25, 0.3) is 0 Å². The largest absolute Gasteiger partial charge is 0.341 e. The average Bonchev–Trinajstić information content (AvgIpc) is 3.21. The Morgan fingerprint density at radius 3 is 2.59 bits per heavy atom. The molecular formula is C22H24ClN5O3S. The minimum Gasteiger partial charge on any atom is -0.341 e. The zero-order valence-corrected chi connectivity index (χ0v) is 19.2. The molecule has 1 aliphatic rings. The maximum absolute atomic E-state index is 12.8. The smallest absolute Gasteiger partial charge is 0.223 e. The van der Waals surface area contributed by atoms with Crippen LogP contribution >= 0.6 is 11.6 Å². The molecule has 8 nitrogen and oxygen atoms in total. The molecule has 10 heteroatoms. The number of aryl methyl sites for hydroxylation is 1. The van der Waals surface area contributed by atoms with E-state index in [2.05, 4.69) is 15.1 Å². The van der Waals surface area contributed by atoms with Crippen LogP contribution in [0.1, 0.15) is 17.9 Å². The molecule has 1 amide bonds. The molecule has 0 atom stereocenters. The molecule has 0 aliphatic carbocycles. The second-order valence-corrected chi connectivity index (χ2v) is 10.3. The summed E-state index contributed by atoms with van der Waals surface area (Å²) < 4.78 is 25.5. The molecule has 0 radical (unpaired) electrons. The molecule has 168 valence electrons. The van der Waals surface area contributed by atoms with Gasteiger partial charge in [-0.25, -0.2) is 13.4 Å². The Bertz CT molecular complexity index is 1260. The Labute approximate surface area is 191 Å². The minimum atomic E-state index is -3.57. The summed E-state index contributed by atoms with van der Waals surface area (Å²) >= 11 is 5.99. The number of sulfone groups is 1. The zero-order valence-electron chi connectivity index (χ0n) is 17.7. The first-order valence-corrected chi connectivity index (χ1v) is 12.3. The van der Waals surface area contributed by atoms with Crippen molar-refractivity contribution in [1.29, 1.82) is 0 Å². The highest BCUT2D eigenvalue weighted by Crippen LogP contribution is 2.23. The summed E-state index contributed by atoms with van der Waals surface area (Å²) in [4.78, 5) is 21.7. The Morgan fingerprint density at radius 1 is 1.16 bits per heavy atom. The number of aromatic nitrogens is 2. The minimum absolute atomic E-state index is 0.0440. The van der Waals surface area contributed by atoms with Crippen LogP contribution in [0.5, 0.6) is 0 Å². The molecule has 2 heterocycles. The number of benzene rings is 2. The van der Waals surface area contributed by atoms with Crippen LogP contribution < -0.4 is 0 Å². The van der Waals surface area contributed by atoms with Crippen LogP contribution in [0.4, 0.5) is 0 Å². The number of nitrogens with zero attached hydrogens (tertiary/aromatic N) is 4. The van der Waals surface area contributed by atoms with Gasteiger partial charge in [0, 0.05) is 24.5 Å². The summed E-state index contributed by atoms with van der Waals surface area (Å²) in [7, 11) is -3.57. The van der Waals surface area contributed by atoms with Gasteiger partial charge in [-0.3, -0.25) is 9.80 Å². The molecule has 0 spiro atoms. The standard InChI is InChI=1S/C22H24ClN5O3S/c1-16-24-14-20(26-16)15-25-28-9-7-27(8-10-28)22(29)6-11-32(30,31)21-5-3-17-12-19(23)4-2-18(17)13-21/h2-5,12-15H,6-11H2,1H3,(H,24,26)/b25-15+. The van der Waals surface area contributed by atoms with E-state index in [1.165, 1.54) is 0 Å². The number of aromatic amines is 1. The third-order valence-corrected chi connectivity index (χ3v) is 7.36. The number of carbonyl (C=O) groups is 1. The molecule has 1 aliphatic heterocycles. The first-order chi connectivity index (χ1) is 15.3. The number of carbonyl (C=O) groups excluding carboxylic acids is 1. The van der Waals surface area contributed by atoms with Gasteiger partial charge in [0.05, 0.1) is 41.8 Å². The number of hydrogen-bond acceptors (Lipinski definition) is 6. The number of imidazole rings is 1. The van der Waals surface area contributed by atoms with Crippen LogP contribution in [0.15, 0.2) is 52.6 Å². The lowest BCUT2D eigenvalue weighted by molar-refractivity contribution is -0.132. The Hall–Kier alpha value is -2.91. The first kappa shape index (κ1) is 22.3. The summed E-state index contributed by atoms with van der Waals surface area (Å²) in [5, 5.41) is 8.56. The second kappa shape index (κ2) is 9.30. The topological polar surface area (TPSA) is 98.7 Å². The highest BCUT2D eigenvalue weighted by atomic mass is 35.5. The van der Waals surface area contributed by atoms with E-state index in [9.17, 15) is 13.2 Å². The SMILES string of the molecule is Cc1ncc(/C=N/N2CCN(C(=O)CCS(=O)(=O)c3ccc4cc(Cl)ccc4c3)CC2)[nH]1. The van der Waals surface area contributed by atoms with Crippen LogP contribution in [0.3, 0.4) is 0 Å². The Kier molecular flexibility index (Phi) is 6.48. The van der Waals surface area contributed by atoms with Crippen molar-refractivity contribution in [3.05, 3.63) is 59.1 Å². The van der Waals surface area contributed by atoms with Crippen molar-refractivity contribution in [3.8, 4) is 0 Å². The predicted octanol–water partition coefficient (Wildman–Crippen LogP) is 2.87. The second-order valence-electron chi connectivity index (χ2n) is 7.73. The fourth-order valence-corrected chi connectivity index (χ4v) is 5.04. The van der Waals surface area contributed by atoms with Gasteiger partial charge < -0.3 is 9.88 Å². The number of piperazine rings is 1. The average molecular weight is 474 g/mol. The molecule has 3 aromatic rings. The maximum atomic E-state index is 12.8. The highest BCUT2D eigenvalue weighted by Gasteiger charge is 2.23. The predicted molar refractivity (Wildman–Crippen MR) is 125 cm³/mol. The number of amides is 1. The number of fused-ring (bicyclic) bond motifs is 1.